The summed E-state index contributed by atoms with van der Waals surface area (Å²) in [6, 6.07) is 19.4. The molecule has 40 heavy (non-hydrogen) atoms. The minimum atomic E-state index is -3.91. The molecule has 0 unspecified atom stereocenters. The van der Waals surface area contributed by atoms with Gasteiger partial charge in [-0.3, -0.25) is 13.9 Å². The summed E-state index contributed by atoms with van der Waals surface area (Å²) in [5.41, 5.74) is 1.52. The van der Waals surface area contributed by atoms with Crippen molar-refractivity contribution in [2.45, 2.75) is 38.9 Å². The molecule has 0 heterocycles. The third-order valence-electron chi connectivity index (χ3n) is 6.11. The third-order valence-corrected chi connectivity index (χ3v) is 7.96. The van der Waals surface area contributed by atoms with Crippen molar-refractivity contribution in [2.75, 3.05) is 24.2 Å². The van der Waals surface area contributed by atoms with E-state index in [1.54, 1.807) is 36.4 Å². The molecule has 3 rings (SSSR count). The highest BCUT2D eigenvalue weighted by molar-refractivity contribution is 7.92. The van der Waals surface area contributed by atoms with Crippen LogP contribution in [0.3, 0.4) is 0 Å². The monoisotopic (exact) mass is 605 g/mol. The van der Waals surface area contributed by atoms with E-state index in [9.17, 15) is 18.0 Å². The maximum atomic E-state index is 14.1. The average molecular weight is 607 g/mol. The summed E-state index contributed by atoms with van der Waals surface area (Å²) in [4.78, 5) is 29.0. The van der Waals surface area contributed by atoms with Gasteiger partial charge in [0, 0.05) is 40.7 Å². The first-order chi connectivity index (χ1) is 18.9. The largest absolute Gasteiger partial charge is 0.497 e. The Bertz CT molecular complexity index is 1410. The summed E-state index contributed by atoms with van der Waals surface area (Å²) in [5.74, 6) is -0.566. The van der Waals surface area contributed by atoms with Gasteiger partial charge in [0.2, 0.25) is 21.8 Å². The molecule has 8 nitrogen and oxygen atoms in total. The molecule has 0 spiro atoms. The fourth-order valence-electron chi connectivity index (χ4n) is 4.17. The predicted octanol–water partition coefficient (Wildman–Crippen LogP) is 4.93. The van der Waals surface area contributed by atoms with Gasteiger partial charge >= 0.3 is 0 Å². The Kier molecular flexibility index (Phi) is 10.8. The predicted molar refractivity (Wildman–Crippen MR) is 159 cm³/mol. The van der Waals surface area contributed by atoms with Crippen LogP contribution < -0.4 is 14.4 Å². The van der Waals surface area contributed by atoms with Gasteiger partial charge in [-0.25, -0.2) is 8.42 Å². The van der Waals surface area contributed by atoms with E-state index in [2.05, 4.69) is 5.32 Å². The molecule has 3 aromatic carbocycles. The van der Waals surface area contributed by atoms with E-state index < -0.39 is 28.5 Å². The number of benzene rings is 3. The number of ether oxygens (including phenoxy) is 1. The molecule has 1 atom stereocenters. The van der Waals surface area contributed by atoms with Gasteiger partial charge < -0.3 is 15.0 Å². The van der Waals surface area contributed by atoms with Gasteiger partial charge in [-0.1, -0.05) is 65.7 Å². The highest BCUT2D eigenvalue weighted by Crippen LogP contribution is 2.28. The number of methoxy groups -OCH3 is 1. The number of nitrogens with zero attached hydrogens (tertiary/aromatic N) is 2. The molecule has 2 amide bonds. The van der Waals surface area contributed by atoms with Crippen molar-refractivity contribution < 1.29 is 22.7 Å². The minimum Gasteiger partial charge on any atom is -0.497 e. The number of amides is 2. The van der Waals surface area contributed by atoms with Crippen molar-refractivity contribution in [1.82, 2.24) is 10.2 Å². The summed E-state index contributed by atoms with van der Waals surface area (Å²) in [6.07, 6.45) is 1.20. The second-order valence-electron chi connectivity index (χ2n) is 9.56. The molecule has 0 saturated carbocycles. The van der Waals surface area contributed by atoms with Crippen molar-refractivity contribution in [3.05, 3.63) is 94.0 Å². The lowest BCUT2D eigenvalue weighted by molar-refractivity contribution is -0.140. The van der Waals surface area contributed by atoms with Crippen LogP contribution in [0.2, 0.25) is 10.0 Å². The summed E-state index contributed by atoms with van der Waals surface area (Å²) in [7, 11) is -2.44. The molecular weight excluding hydrogens is 573 g/mol. The van der Waals surface area contributed by atoms with Gasteiger partial charge in [0.25, 0.3) is 0 Å². The zero-order valence-corrected chi connectivity index (χ0v) is 25.1. The number of rotatable bonds is 12. The van der Waals surface area contributed by atoms with Gasteiger partial charge in [0.05, 0.1) is 19.1 Å². The number of carbonyl (C=O) groups excluding carboxylic acids is 2. The van der Waals surface area contributed by atoms with Crippen LogP contribution in [-0.4, -0.2) is 57.1 Å². The molecule has 0 aromatic heterocycles. The standard InChI is InChI=1S/C29H33Cl2N3O5S/c1-20(2)32-29(36)27(16-21-10-6-5-7-11-21)33(18-24-25(30)14-9-15-26(24)31)28(35)19-34(40(4,37)38)22-12-8-13-23(17-22)39-3/h5-15,17,20,27H,16,18-19H2,1-4H3,(H,32,36)/t27-/m0/s1. The number of hydrogen-bond donors (Lipinski definition) is 1. The van der Waals surface area contributed by atoms with Crippen molar-refractivity contribution in [3.63, 3.8) is 0 Å². The smallest absolute Gasteiger partial charge is 0.244 e. The molecule has 3 aromatic rings. The summed E-state index contributed by atoms with van der Waals surface area (Å²) < 4.78 is 32.0. The molecule has 0 saturated heterocycles. The normalized spacial score (nSPS) is 12.1. The molecule has 0 bridgehead atoms. The number of anilines is 1. The van der Waals surface area contributed by atoms with E-state index in [1.807, 2.05) is 44.2 Å². The van der Waals surface area contributed by atoms with Gasteiger partial charge in [-0.2, -0.15) is 0 Å². The van der Waals surface area contributed by atoms with E-state index >= 15 is 0 Å². The first-order valence-electron chi connectivity index (χ1n) is 12.6. The molecule has 0 aliphatic heterocycles. The number of hydrogen-bond acceptors (Lipinski definition) is 5. The Morgan fingerprint density at radius 3 is 2.15 bits per heavy atom. The fourth-order valence-corrected chi connectivity index (χ4v) is 5.53. The molecule has 0 aliphatic rings. The Hall–Kier alpha value is -3.27. The summed E-state index contributed by atoms with van der Waals surface area (Å²) in [6.45, 7) is 2.97. The Balaban J connectivity index is 2.11. The van der Waals surface area contributed by atoms with Crippen LogP contribution in [-0.2, 0) is 32.6 Å². The van der Waals surface area contributed by atoms with E-state index in [1.165, 1.54) is 18.1 Å². The zero-order valence-electron chi connectivity index (χ0n) is 22.8. The van der Waals surface area contributed by atoms with Crippen LogP contribution in [0.4, 0.5) is 5.69 Å². The lowest BCUT2D eigenvalue weighted by atomic mass is 10.0. The van der Waals surface area contributed by atoms with Crippen molar-refractivity contribution in [2.24, 2.45) is 0 Å². The van der Waals surface area contributed by atoms with Crippen molar-refractivity contribution >= 4 is 50.7 Å². The first kappa shape index (κ1) is 31.3. The van der Waals surface area contributed by atoms with E-state index in [-0.39, 0.29) is 30.6 Å². The SMILES string of the molecule is COc1cccc(N(CC(=O)N(Cc2c(Cl)cccc2Cl)[C@@H](Cc2ccccc2)C(=O)NC(C)C)S(C)(=O)=O)c1. The molecule has 0 fully saturated rings. The van der Waals surface area contributed by atoms with E-state index in [0.29, 0.717) is 21.4 Å². The zero-order chi connectivity index (χ0) is 29.4. The first-order valence-corrected chi connectivity index (χ1v) is 15.2. The van der Waals surface area contributed by atoms with Crippen molar-refractivity contribution in [3.8, 4) is 5.75 Å². The lowest BCUT2D eigenvalue weighted by Gasteiger charge is -2.34. The maximum Gasteiger partial charge on any atom is 0.244 e. The van der Waals surface area contributed by atoms with Gasteiger partial charge in [-0.05, 0) is 43.7 Å². The highest BCUT2D eigenvalue weighted by atomic mass is 35.5. The van der Waals surface area contributed by atoms with Crippen LogP contribution in [0.1, 0.15) is 25.0 Å². The second-order valence-corrected chi connectivity index (χ2v) is 12.3. The molecule has 214 valence electrons. The quantitative estimate of drug-likeness (QED) is 0.316. The number of sulfonamides is 1. The van der Waals surface area contributed by atoms with Gasteiger partial charge in [0.15, 0.2) is 0 Å². The molecule has 0 aliphatic carbocycles. The molecular formula is C29H33Cl2N3O5S. The van der Waals surface area contributed by atoms with Gasteiger partial charge in [-0.15, -0.1) is 0 Å². The number of nitrogens with one attached hydrogen (secondary N) is 1. The number of halogens is 2. The minimum absolute atomic E-state index is 0.115. The van der Waals surface area contributed by atoms with Crippen LogP contribution in [0.5, 0.6) is 5.75 Å². The van der Waals surface area contributed by atoms with Gasteiger partial charge in [0.1, 0.15) is 18.3 Å². The molecule has 0 radical (unpaired) electrons. The lowest BCUT2D eigenvalue weighted by Crippen LogP contribution is -2.54. The topological polar surface area (TPSA) is 96.0 Å². The average Bonchev–Trinajstić information content (AvgIpc) is 2.90. The third kappa shape index (κ3) is 8.36. The van der Waals surface area contributed by atoms with Crippen LogP contribution in [0, 0.1) is 0 Å². The molecule has 11 heteroatoms. The fraction of sp³-hybridized carbons (Fsp3) is 0.310. The van der Waals surface area contributed by atoms with Crippen molar-refractivity contribution in [1.29, 1.82) is 0 Å². The summed E-state index contributed by atoms with van der Waals surface area (Å²) >= 11 is 12.9. The summed E-state index contributed by atoms with van der Waals surface area (Å²) in [5, 5.41) is 3.54. The van der Waals surface area contributed by atoms with E-state index in [4.69, 9.17) is 27.9 Å². The van der Waals surface area contributed by atoms with Crippen LogP contribution in [0.15, 0.2) is 72.8 Å². The van der Waals surface area contributed by atoms with Crippen LogP contribution >= 0.6 is 23.2 Å². The number of carbonyl (C=O) groups is 2. The Labute approximate surface area is 245 Å². The Morgan fingerprint density at radius 2 is 1.57 bits per heavy atom. The van der Waals surface area contributed by atoms with E-state index in [0.717, 1.165) is 16.1 Å². The maximum absolute atomic E-state index is 14.1. The van der Waals surface area contributed by atoms with Crippen LogP contribution in [0.25, 0.3) is 0 Å². The second kappa shape index (κ2) is 13.9. The Morgan fingerprint density at radius 1 is 0.950 bits per heavy atom. The molecule has 1 N–H and O–H groups in total. The highest BCUT2D eigenvalue weighted by Gasteiger charge is 2.34.